The molecule has 0 aliphatic carbocycles. The summed E-state index contributed by atoms with van der Waals surface area (Å²) < 4.78 is 5.45. The average molecular weight is 431 g/mol. The molecule has 0 amide bonds. The topological polar surface area (TPSA) is 55.4 Å². The zero-order valence-electron chi connectivity index (χ0n) is 19.6. The number of guanidine groups is 1. The SMILES string of the molecule is CCNC(=NCC(C)N1CCOCC1)NCCCN1CCN(Cc2ccccc2)CC1. The number of morpholine rings is 1. The number of nitrogens with zero attached hydrogens (tertiary/aromatic N) is 4. The number of rotatable bonds is 10. The molecular formula is C24H42N6O. The van der Waals surface area contributed by atoms with E-state index in [2.05, 4.69) is 69.5 Å². The first-order valence-electron chi connectivity index (χ1n) is 12.1. The van der Waals surface area contributed by atoms with Crippen LogP contribution in [0.4, 0.5) is 0 Å². The summed E-state index contributed by atoms with van der Waals surface area (Å²) in [5.74, 6) is 0.940. The second kappa shape index (κ2) is 13.7. The molecule has 31 heavy (non-hydrogen) atoms. The average Bonchev–Trinajstić information content (AvgIpc) is 2.82. The maximum Gasteiger partial charge on any atom is 0.191 e. The van der Waals surface area contributed by atoms with E-state index < -0.39 is 0 Å². The van der Waals surface area contributed by atoms with Crippen molar-refractivity contribution < 1.29 is 4.74 Å². The van der Waals surface area contributed by atoms with Gasteiger partial charge in [0, 0.05) is 64.9 Å². The van der Waals surface area contributed by atoms with Crippen molar-refractivity contribution >= 4 is 5.96 Å². The summed E-state index contributed by atoms with van der Waals surface area (Å²) in [4.78, 5) is 12.4. The second-order valence-corrected chi connectivity index (χ2v) is 8.60. The monoisotopic (exact) mass is 430 g/mol. The summed E-state index contributed by atoms with van der Waals surface area (Å²) >= 11 is 0. The number of ether oxygens (including phenoxy) is 1. The Morgan fingerprint density at radius 1 is 1.00 bits per heavy atom. The third-order valence-corrected chi connectivity index (χ3v) is 6.18. The third-order valence-electron chi connectivity index (χ3n) is 6.18. The second-order valence-electron chi connectivity index (χ2n) is 8.60. The molecule has 3 rings (SSSR count). The molecular weight excluding hydrogens is 388 g/mol. The van der Waals surface area contributed by atoms with Gasteiger partial charge >= 0.3 is 0 Å². The summed E-state index contributed by atoms with van der Waals surface area (Å²) in [6.45, 7) is 17.6. The van der Waals surface area contributed by atoms with E-state index >= 15 is 0 Å². The normalized spacial score (nSPS) is 20.5. The van der Waals surface area contributed by atoms with E-state index in [1.807, 2.05) is 0 Å². The zero-order valence-corrected chi connectivity index (χ0v) is 19.6. The van der Waals surface area contributed by atoms with E-state index in [0.717, 1.165) is 97.6 Å². The van der Waals surface area contributed by atoms with Gasteiger partial charge in [-0.15, -0.1) is 0 Å². The van der Waals surface area contributed by atoms with Gasteiger partial charge in [0.15, 0.2) is 5.96 Å². The van der Waals surface area contributed by atoms with Crippen LogP contribution in [0.2, 0.25) is 0 Å². The lowest BCUT2D eigenvalue weighted by molar-refractivity contribution is 0.0220. The molecule has 2 N–H and O–H groups in total. The summed E-state index contributed by atoms with van der Waals surface area (Å²) in [5, 5.41) is 6.90. The molecule has 2 heterocycles. The van der Waals surface area contributed by atoms with E-state index in [4.69, 9.17) is 9.73 Å². The fraction of sp³-hybridized carbons (Fsp3) is 0.708. The molecule has 0 spiro atoms. The highest BCUT2D eigenvalue weighted by molar-refractivity contribution is 5.79. The maximum absolute atomic E-state index is 5.45. The number of nitrogens with one attached hydrogen (secondary N) is 2. The Kier molecular flexibility index (Phi) is 10.6. The first-order chi connectivity index (χ1) is 15.2. The van der Waals surface area contributed by atoms with Crippen LogP contribution < -0.4 is 10.6 Å². The Morgan fingerprint density at radius 3 is 2.42 bits per heavy atom. The molecule has 2 aliphatic rings. The Labute approximate surface area is 188 Å². The lowest BCUT2D eigenvalue weighted by Gasteiger charge is -2.34. The number of hydrogen-bond donors (Lipinski definition) is 2. The minimum Gasteiger partial charge on any atom is -0.379 e. The van der Waals surface area contributed by atoms with Gasteiger partial charge in [0.1, 0.15) is 0 Å². The van der Waals surface area contributed by atoms with Gasteiger partial charge in [0.05, 0.1) is 19.8 Å². The summed E-state index contributed by atoms with van der Waals surface area (Å²) in [6.07, 6.45) is 1.14. The van der Waals surface area contributed by atoms with Crippen LogP contribution in [0.25, 0.3) is 0 Å². The van der Waals surface area contributed by atoms with Gasteiger partial charge in [0.2, 0.25) is 0 Å². The highest BCUT2D eigenvalue weighted by Crippen LogP contribution is 2.08. The minimum atomic E-state index is 0.450. The van der Waals surface area contributed by atoms with E-state index in [1.54, 1.807) is 0 Å². The molecule has 0 radical (unpaired) electrons. The Morgan fingerprint density at radius 2 is 1.71 bits per heavy atom. The van der Waals surface area contributed by atoms with Gasteiger partial charge in [-0.1, -0.05) is 30.3 Å². The van der Waals surface area contributed by atoms with Crippen molar-refractivity contribution in [2.75, 3.05) is 78.7 Å². The quantitative estimate of drug-likeness (QED) is 0.333. The maximum atomic E-state index is 5.45. The number of aliphatic imine (C=N–C) groups is 1. The smallest absolute Gasteiger partial charge is 0.191 e. The number of hydrogen-bond acceptors (Lipinski definition) is 5. The van der Waals surface area contributed by atoms with E-state index in [0.29, 0.717) is 6.04 Å². The first-order valence-corrected chi connectivity index (χ1v) is 12.1. The summed E-state index contributed by atoms with van der Waals surface area (Å²) in [7, 11) is 0. The molecule has 1 aromatic rings. The molecule has 1 unspecified atom stereocenters. The van der Waals surface area contributed by atoms with Gasteiger partial charge < -0.3 is 20.3 Å². The van der Waals surface area contributed by atoms with Gasteiger partial charge in [-0.2, -0.15) is 0 Å². The Hall–Kier alpha value is -1.67. The summed E-state index contributed by atoms with van der Waals surface area (Å²) in [6, 6.07) is 11.3. The highest BCUT2D eigenvalue weighted by Gasteiger charge is 2.17. The lowest BCUT2D eigenvalue weighted by atomic mass is 10.2. The molecule has 1 aromatic carbocycles. The first kappa shape index (κ1) is 24.0. The van der Waals surface area contributed by atoms with Crippen LogP contribution in [0.3, 0.4) is 0 Å². The minimum absolute atomic E-state index is 0.450. The highest BCUT2D eigenvalue weighted by atomic mass is 16.5. The Balaban J connectivity index is 1.30. The predicted molar refractivity (Wildman–Crippen MR) is 129 cm³/mol. The molecule has 1 atom stereocenters. The van der Waals surface area contributed by atoms with Gasteiger partial charge in [0.25, 0.3) is 0 Å². The molecule has 2 aliphatic heterocycles. The third kappa shape index (κ3) is 8.77. The zero-order chi connectivity index (χ0) is 21.7. The van der Waals surface area contributed by atoms with E-state index in [-0.39, 0.29) is 0 Å². The van der Waals surface area contributed by atoms with Crippen LogP contribution in [-0.2, 0) is 11.3 Å². The number of benzene rings is 1. The standard InChI is InChI=1S/C24H42N6O/c1-3-25-24(27-20-22(2)30-16-18-31-19-17-30)26-10-7-11-28-12-14-29(15-13-28)21-23-8-5-4-6-9-23/h4-6,8-9,22H,3,7,10-21H2,1-2H3,(H2,25,26,27). The molecule has 0 saturated carbocycles. The molecule has 0 bridgehead atoms. The molecule has 2 saturated heterocycles. The largest absolute Gasteiger partial charge is 0.379 e. The predicted octanol–water partition coefficient (Wildman–Crippen LogP) is 1.47. The van der Waals surface area contributed by atoms with Gasteiger partial charge in [-0.25, -0.2) is 0 Å². The van der Waals surface area contributed by atoms with E-state index in [1.165, 1.54) is 5.56 Å². The van der Waals surface area contributed by atoms with Crippen molar-refractivity contribution in [2.24, 2.45) is 4.99 Å². The number of piperazine rings is 1. The van der Waals surface area contributed by atoms with Crippen LogP contribution in [0, 0.1) is 0 Å². The van der Waals surface area contributed by atoms with Crippen molar-refractivity contribution in [3.63, 3.8) is 0 Å². The van der Waals surface area contributed by atoms with E-state index in [9.17, 15) is 0 Å². The molecule has 7 nitrogen and oxygen atoms in total. The van der Waals surface area contributed by atoms with Crippen LogP contribution in [0.15, 0.2) is 35.3 Å². The summed E-state index contributed by atoms with van der Waals surface area (Å²) in [5.41, 5.74) is 1.42. The lowest BCUT2D eigenvalue weighted by Crippen LogP contribution is -2.47. The molecule has 174 valence electrons. The van der Waals surface area contributed by atoms with Gasteiger partial charge in [-0.05, 0) is 32.4 Å². The van der Waals surface area contributed by atoms with Crippen molar-refractivity contribution in [3.8, 4) is 0 Å². The van der Waals surface area contributed by atoms with Crippen molar-refractivity contribution in [1.29, 1.82) is 0 Å². The molecule has 0 aromatic heterocycles. The van der Waals surface area contributed by atoms with Crippen molar-refractivity contribution in [3.05, 3.63) is 35.9 Å². The van der Waals surface area contributed by atoms with Crippen LogP contribution in [-0.4, -0.2) is 105 Å². The Bertz CT molecular complexity index is 626. The molecule has 2 fully saturated rings. The molecule has 7 heteroatoms. The van der Waals surface area contributed by atoms with Crippen LogP contribution in [0.1, 0.15) is 25.8 Å². The van der Waals surface area contributed by atoms with Crippen LogP contribution in [0.5, 0.6) is 0 Å². The van der Waals surface area contributed by atoms with Gasteiger partial charge in [-0.3, -0.25) is 14.8 Å². The van der Waals surface area contributed by atoms with Crippen molar-refractivity contribution in [1.82, 2.24) is 25.3 Å². The fourth-order valence-electron chi connectivity index (χ4n) is 4.22. The van der Waals surface area contributed by atoms with Crippen LogP contribution >= 0.6 is 0 Å². The van der Waals surface area contributed by atoms with Crippen molar-refractivity contribution in [2.45, 2.75) is 32.9 Å². The fourth-order valence-corrected chi connectivity index (χ4v) is 4.22.